The van der Waals surface area contributed by atoms with Gasteiger partial charge in [-0.1, -0.05) is 13.8 Å². The van der Waals surface area contributed by atoms with Crippen LogP contribution in [0.5, 0.6) is 0 Å². The van der Waals surface area contributed by atoms with Gasteiger partial charge in [-0.3, -0.25) is 9.59 Å². The lowest BCUT2D eigenvalue weighted by atomic mass is 9.63. The van der Waals surface area contributed by atoms with Crippen molar-refractivity contribution in [2.24, 2.45) is 10.8 Å². The second-order valence-electron chi connectivity index (χ2n) is 5.55. The highest BCUT2D eigenvalue weighted by Gasteiger charge is 2.51. The van der Waals surface area contributed by atoms with Crippen molar-refractivity contribution in [3.05, 3.63) is 0 Å². The highest BCUT2D eigenvalue weighted by atomic mass is 16.1. The van der Waals surface area contributed by atoms with Crippen molar-refractivity contribution in [1.82, 2.24) is 0 Å². The lowest BCUT2D eigenvalue weighted by Crippen LogP contribution is -2.33. The van der Waals surface area contributed by atoms with Crippen LogP contribution in [0.25, 0.3) is 0 Å². The fourth-order valence-electron chi connectivity index (χ4n) is 3.08. The largest absolute Gasteiger partial charge is 0.300 e. The minimum Gasteiger partial charge on any atom is -0.300 e. The summed E-state index contributed by atoms with van der Waals surface area (Å²) >= 11 is 0. The first-order valence-electron chi connectivity index (χ1n) is 5.49. The maximum Gasteiger partial charge on any atom is 0.133 e. The topological polar surface area (TPSA) is 34.1 Å². The van der Waals surface area contributed by atoms with Crippen LogP contribution in [0.4, 0.5) is 0 Å². The van der Waals surface area contributed by atoms with E-state index in [0.717, 1.165) is 25.7 Å². The molecule has 2 heteroatoms. The molecule has 2 rings (SSSR count). The smallest absolute Gasteiger partial charge is 0.133 e. The third kappa shape index (κ3) is 1.32. The zero-order valence-corrected chi connectivity index (χ0v) is 9.06. The van der Waals surface area contributed by atoms with Crippen LogP contribution in [0.15, 0.2) is 0 Å². The number of hydrogen-bond acceptors (Lipinski definition) is 2. The molecule has 0 aromatic carbocycles. The first-order chi connectivity index (χ1) is 6.45. The van der Waals surface area contributed by atoms with Crippen LogP contribution in [0.2, 0.25) is 0 Å². The molecule has 2 aliphatic carbocycles. The van der Waals surface area contributed by atoms with Crippen molar-refractivity contribution in [3.8, 4) is 0 Å². The Balaban J connectivity index is 2.21. The molecule has 0 saturated heterocycles. The maximum atomic E-state index is 11.4. The SMILES string of the molecule is CC1(C2(C)CCC(=O)C2)CCC(=O)C1. The summed E-state index contributed by atoms with van der Waals surface area (Å²) in [7, 11) is 0. The zero-order chi connectivity index (χ0) is 10.4. The normalized spacial score (nSPS) is 43.6. The molecule has 0 aromatic heterocycles. The summed E-state index contributed by atoms with van der Waals surface area (Å²) in [6, 6.07) is 0. The molecule has 2 nitrogen and oxygen atoms in total. The molecular formula is C12H18O2. The first kappa shape index (κ1) is 9.88. The third-order valence-electron chi connectivity index (χ3n) is 4.54. The van der Waals surface area contributed by atoms with Crippen LogP contribution in [0.3, 0.4) is 0 Å². The number of ketones is 2. The quantitative estimate of drug-likeness (QED) is 0.642. The van der Waals surface area contributed by atoms with Gasteiger partial charge in [0.05, 0.1) is 0 Å². The van der Waals surface area contributed by atoms with E-state index >= 15 is 0 Å². The van der Waals surface area contributed by atoms with Crippen LogP contribution in [0, 0.1) is 10.8 Å². The van der Waals surface area contributed by atoms with E-state index < -0.39 is 0 Å². The molecule has 2 aliphatic rings. The Morgan fingerprint density at radius 3 is 1.43 bits per heavy atom. The van der Waals surface area contributed by atoms with Gasteiger partial charge in [0.25, 0.3) is 0 Å². The van der Waals surface area contributed by atoms with E-state index in [-0.39, 0.29) is 10.8 Å². The molecule has 0 radical (unpaired) electrons. The molecule has 2 unspecified atom stereocenters. The monoisotopic (exact) mass is 194 g/mol. The van der Waals surface area contributed by atoms with Gasteiger partial charge < -0.3 is 0 Å². The highest BCUT2D eigenvalue weighted by molar-refractivity contribution is 5.84. The van der Waals surface area contributed by atoms with E-state index in [9.17, 15) is 9.59 Å². The average Bonchev–Trinajstić information content (AvgIpc) is 2.59. The van der Waals surface area contributed by atoms with Crippen molar-refractivity contribution in [2.75, 3.05) is 0 Å². The van der Waals surface area contributed by atoms with Crippen LogP contribution in [-0.2, 0) is 9.59 Å². The van der Waals surface area contributed by atoms with E-state index in [1.54, 1.807) is 0 Å². The molecule has 78 valence electrons. The summed E-state index contributed by atoms with van der Waals surface area (Å²) in [4.78, 5) is 22.7. The van der Waals surface area contributed by atoms with Crippen molar-refractivity contribution in [3.63, 3.8) is 0 Å². The third-order valence-corrected chi connectivity index (χ3v) is 4.54. The minimum absolute atomic E-state index is 0.0935. The summed E-state index contributed by atoms with van der Waals surface area (Å²) in [5.74, 6) is 0.765. The Bertz CT molecular complexity index is 265. The van der Waals surface area contributed by atoms with Gasteiger partial charge in [-0.15, -0.1) is 0 Å². The highest BCUT2D eigenvalue weighted by Crippen LogP contribution is 2.56. The van der Waals surface area contributed by atoms with Gasteiger partial charge in [-0.2, -0.15) is 0 Å². The zero-order valence-electron chi connectivity index (χ0n) is 9.06. The summed E-state index contributed by atoms with van der Waals surface area (Å²) in [5.41, 5.74) is 0.187. The van der Waals surface area contributed by atoms with Crippen LogP contribution >= 0.6 is 0 Å². The number of Topliss-reactive ketones (excluding diaryl/α,β-unsaturated/α-hetero) is 2. The molecule has 0 aromatic rings. The van der Waals surface area contributed by atoms with Crippen LogP contribution < -0.4 is 0 Å². The van der Waals surface area contributed by atoms with Gasteiger partial charge in [0, 0.05) is 25.7 Å². The Morgan fingerprint density at radius 2 is 1.21 bits per heavy atom. The van der Waals surface area contributed by atoms with E-state index in [1.165, 1.54) is 0 Å². The summed E-state index contributed by atoms with van der Waals surface area (Å²) in [6.07, 6.45) is 4.79. The van der Waals surface area contributed by atoms with Gasteiger partial charge in [0.15, 0.2) is 0 Å². The number of carbonyl (C=O) groups is 2. The Morgan fingerprint density at radius 1 is 0.857 bits per heavy atom. The molecule has 2 atom stereocenters. The number of hydrogen-bond donors (Lipinski definition) is 0. The maximum absolute atomic E-state index is 11.4. The van der Waals surface area contributed by atoms with Gasteiger partial charge in [0.1, 0.15) is 11.6 Å². The number of rotatable bonds is 1. The molecule has 0 spiro atoms. The van der Waals surface area contributed by atoms with Gasteiger partial charge in [-0.25, -0.2) is 0 Å². The Labute approximate surface area is 85.1 Å². The predicted octanol–water partition coefficient (Wildman–Crippen LogP) is 2.51. The Kier molecular flexibility index (Phi) is 2.06. The summed E-state index contributed by atoms with van der Waals surface area (Å²) < 4.78 is 0. The predicted molar refractivity (Wildman–Crippen MR) is 53.9 cm³/mol. The molecule has 2 fully saturated rings. The van der Waals surface area contributed by atoms with Gasteiger partial charge in [-0.05, 0) is 23.7 Å². The molecular weight excluding hydrogens is 176 g/mol. The summed E-state index contributed by atoms with van der Waals surface area (Å²) in [6.45, 7) is 4.38. The second-order valence-corrected chi connectivity index (χ2v) is 5.55. The fraction of sp³-hybridized carbons (Fsp3) is 0.833. The molecule has 0 amide bonds. The molecule has 14 heavy (non-hydrogen) atoms. The van der Waals surface area contributed by atoms with Crippen molar-refractivity contribution >= 4 is 11.6 Å². The van der Waals surface area contributed by atoms with Crippen molar-refractivity contribution in [1.29, 1.82) is 0 Å². The number of carbonyl (C=O) groups excluding carboxylic acids is 2. The fourth-order valence-corrected chi connectivity index (χ4v) is 3.08. The minimum atomic E-state index is 0.0935. The molecule has 2 saturated carbocycles. The van der Waals surface area contributed by atoms with Crippen molar-refractivity contribution in [2.45, 2.75) is 52.4 Å². The molecule has 0 N–H and O–H groups in total. The molecule has 0 bridgehead atoms. The summed E-state index contributed by atoms with van der Waals surface area (Å²) in [5, 5.41) is 0. The van der Waals surface area contributed by atoms with Crippen LogP contribution in [0.1, 0.15) is 52.4 Å². The van der Waals surface area contributed by atoms with E-state index in [0.29, 0.717) is 24.4 Å². The van der Waals surface area contributed by atoms with Crippen LogP contribution in [-0.4, -0.2) is 11.6 Å². The van der Waals surface area contributed by atoms with Gasteiger partial charge in [0.2, 0.25) is 0 Å². The van der Waals surface area contributed by atoms with E-state index in [2.05, 4.69) is 13.8 Å². The molecule has 0 heterocycles. The Hall–Kier alpha value is -0.660. The second kappa shape index (κ2) is 2.91. The first-order valence-corrected chi connectivity index (χ1v) is 5.49. The lowest BCUT2D eigenvalue weighted by Gasteiger charge is -2.40. The van der Waals surface area contributed by atoms with E-state index in [4.69, 9.17) is 0 Å². The average molecular weight is 194 g/mol. The van der Waals surface area contributed by atoms with Crippen molar-refractivity contribution < 1.29 is 9.59 Å². The standard InChI is InChI=1S/C12H18O2/c1-11(5-3-9(13)7-11)12(2)6-4-10(14)8-12/h3-8H2,1-2H3. The lowest BCUT2D eigenvalue weighted by molar-refractivity contribution is -0.120. The molecule has 0 aliphatic heterocycles. The van der Waals surface area contributed by atoms with E-state index in [1.807, 2.05) is 0 Å². The van der Waals surface area contributed by atoms with Gasteiger partial charge >= 0.3 is 0 Å².